The van der Waals surface area contributed by atoms with Crippen molar-refractivity contribution in [1.82, 2.24) is 30.0 Å². The molecule has 26 heavy (non-hydrogen) atoms. The van der Waals surface area contributed by atoms with Crippen molar-refractivity contribution >= 4 is 11.7 Å². The zero-order valence-corrected chi connectivity index (χ0v) is 14.7. The van der Waals surface area contributed by atoms with Gasteiger partial charge < -0.3 is 14.3 Å². The number of carbonyl (C=O) groups is 1. The molecule has 0 aromatic carbocycles. The van der Waals surface area contributed by atoms with E-state index in [0.717, 1.165) is 11.5 Å². The minimum Gasteiger partial charge on any atom is -0.361 e. The third-order valence-corrected chi connectivity index (χ3v) is 4.47. The fourth-order valence-electron chi connectivity index (χ4n) is 2.96. The summed E-state index contributed by atoms with van der Waals surface area (Å²) in [4.78, 5) is 16.4. The number of hydrogen-bond donors (Lipinski definition) is 0. The predicted molar refractivity (Wildman–Crippen MR) is 93.2 cm³/mol. The number of aromatic nitrogens is 5. The standard InChI is InChI=1S/C17H19N7O2/c1-12-5-6-24(21-12)16-4-3-15(19-20-16)22-7-9-23(10-8-22)17(25)14-11-18-26-13(14)2/h3-6,11H,7-10H2,1-2H3. The lowest BCUT2D eigenvalue weighted by molar-refractivity contribution is 0.0744. The Hall–Kier alpha value is -3.23. The topological polar surface area (TPSA) is 93.2 Å². The first-order valence-electron chi connectivity index (χ1n) is 8.44. The van der Waals surface area contributed by atoms with Gasteiger partial charge in [0.05, 0.1) is 11.9 Å². The van der Waals surface area contributed by atoms with E-state index in [1.54, 1.807) is 11.6 Å². The molecule has 0 atom stereocenters. The summed E-state index contributed by atoms with van der Waals surface area (Å²) >= 11 is 0. The number of nitrogens with zero attached hydrogens (tertiary/aromatic N) is 7. The molecule has 9 nitrogen and oxygen atoms in total. The Morgan fingerprint density at radius 3 is 2.35 bits per heavy atom. The zero-order chi connectivity index (χ0) is 18.1. The number of hydrogen-bond acceptors (Lipinski definition) is 7. The summed E-state index contributed by atoms with van der Waals surface area (Å²) in [5, 5.41) is 16.6. The van der Waals surface area contributed by atoms with Crippen molar-refractivity contribution in [3.63, 3.8) is 0 Å². The van der Waals surface area contributed by atoms with Crippen LogP contribution in [-0.2, 0) is 0 Å². The zero-order valence-electron chi connectivity index (χ0n) is 14.7. The fourth-order valence-corrected chi connectivity index (χ4v) is 2.96. The summed E-state index contributed by atoms with van der Waals surface area (Å²) < 4.78 is 6.68. The van der Waals surface area contributed by atoms with E-state index >= 15 is 0 Å². The summed E-state index contributed by atoms with van der Waals surface area (Å²) in [5.41, 5.74) is 1.46. The molecule has 1 aliphatic heterocycles. The Morgan fingerprint density at radius 2 is 1.77 bits per heavy atom. The Labute approximate surface area is 150 Å². The molecule has 0 unspecified atom stereocenters. The Morgan fingerprint density at radius 1 is 1.04 bits per heavy atom. The van der Waals surface area contributed by atoms with Crippen molar-refractivity contribution in [1.29, 1.82) is 0 Å². The molecule has 134 valence electrons. The highest BCUT2D eigenvalue weighted by Crippen LogP contribution is 2.16. The van der Waals surface area contributed by atoms with Gasteiger partial charge in [0, 0.05) is 32.4 Å². The third kappa shape index (κ3) is 3.03. The first-order valence-corrected chi connectivity index (χ1v) is 8.44. The highest BCUT2D eigenvalue weighted by atomic mass is 16.5. The van der Waals surface area contributed by atoms with Gasteiger partial charge in [0.25, 0.3) is 5.91 Å². The van der Waals surface area contributed by atoms with E-state index in [1.165, 1.54) is 6.20 Å². The molecule has 0 N–H and O–H groups in total. The smallest absolute Gasteiger partial charge is 0.259 e. The number of piperazine rings is 1. The normalized spacial score (nSPS) is 14.7. The largest absolute Gasteiger partial charge is 0.361 e. The summed E-state index contributed by atoms with van der Waals surface area (Å²) in [7, 11) is 0. The SMILES string of the molecule is Cc1ccn(-c2ccc(N3CCN(C(=O)c4cnoc4C)CC3)nn2)n1. The number of rotatable bonds is 3. The number of carbonyl (C=O) groups excluding carboxylic acids is 1. The van der Waals surface area contributed by atoms with Crippen LogP contribution in [0.2, 0.25) is 0 Å². The van der Waals surface area contributed by atoms with Gasteiger partial charge in [0.2, 0.25) is 0 Å². The monoisotopic (exact) mass is 353 g/mol. The first-order chi connectivity index (χ1) is 12.6. The molecule has 0 saturated carbocycles. The van der Waals surface area contributed by atoms with Crippen molar-refractivity contribution in [3.8, 4) is 5.82 Å². The third-order valence-electron chi connectivity index (χ3n) is 4.47. The lowest BCUT2D eigenvalue weighted by Gasteiger charge is -2.35. The van der Waals surface area contributed by atoms with Crippen LogP contribution < -0.4 is 4.90 Å². The molecule has 1 amide bonds. The molecule has 0 aliphatic carbocycles. The van der Waals surface area contributed by atoms with Crippen molar-refractivity contribution in [2.75, 3.05) is 31.1 Å². The minimum absolute atomic E-state index is 0.0427. The molecule has 1 aliphatic rings. The highest BCUT2D eigenvalue weighted by molar-refractivity contribution is 5.94. The van der Waals surface area contributed by atoms with E-state index in [-0.39, 0.29) is 5.91 Å². The average Bonchev–Trinajstić information content (AvgIpc) is 3.30. The molecule has 3 aromatic heterocycles. The lowest BCUT2D eigenvalue weighted by Crippen LogP contribution is -2.49. The summed E-state index contributed by atoms with van der Waals surface area (Å²) in [6, 6.07) is 5.75. The van der Waals surface area contributed by atoms with Crippen LogP contribution in [0.25, 0.3) is 5.82 Å². The molecule has 4 rings (SSSR count). The van der Waals surface area contributed by atoms with Crippen LogP contribution in [-0.4, -0.2) is 62.1 Å². The van der Waals surface area contributed by atoms with E-state index < -0.39 is 0 Å². The van der Waals surface area contributed by atoms with Crippen LogP contribution in [0, 0.1) is 13.8 Å². The second-order valence-electron chi connectivity index (χ2n) is 6.23. The molecule has 1 saturated heterocycles. The summed E-state index contributed by atoms with van der Waals surface area (Å²) in [6.07, 6.45) is 3.33. The predicted octanol–water partition coefficient (Wildman–Crippen LogP) is 1.23. The second-order valence-corrected chi connectivity index (χ2v) is 6.23. The highest BCUT2D eigenvalue weighted by Gasteiger charge is 2.25. The van der Waals surface area contributed by atoms with E-state index in [9.17, 15) is 4.79 Å². The lowest BCUT2D eigenvalue weighted by atomic mass is 10.2. The number of amides is 1. The second kappa shape index (κ2) is 6.58. The minimum atomic E-state index is -0.0427. The van der Waals surface area contributed by atoms with Gasteiger partial charge in [0.1, 0.15) is 11.3 Å². The van der Waals surface area contributed by atoms with Crippen molar-refractivity contribution in [2.24, 2.45) is 0 Å². The molecule has 0 spiro atoms. The quantitative estimate of drug-likeness (QED) is 0.699. The van der Waals surface area contributed by atoms with E-state index in [1.807, 2.05) is 36.2 Å². The Balaban J connectivity index is 1.40. The number of anilines is 1. The maximum atomic E-state index is 12.5. The van der Waals surface area contributed by atoms with E-state index in [4.69, 9.17) is 4.52 Å². The van der Waals surface area contributed by atoms with Gasteiger partial charge in [-0.25, -0.2) is 4.68 Å². The van der Waals surface area contributed by atoms with E-state index in [2.05, 4.69) is 25.4 Å². The summed E-state index contributed by atoms with van der Waals surface area (Å²) in [6.45, 7) is 6.31. The van der Waals surface area contributed by atoms with Gasteiger partial charge in [-0.1, -0.05) is 5.16 Å². The summed E-state index contributed by atoms with van der Waals surface area (Å²) in [5.74, 6) is 1.98. The van der Waals surface area contributed by atoms with Crippen LogP contribution in [0.4, 0.5) is 5.82 Å². The number of aryl methyl sites for hydroxylation is 2. The van der Waals surface area contributed by atoms with Crippen molar-refractivity contribution < 1.29 is 9.32 Å². The van der Waals surface area contributed by atoms with Gasteiger partial charge in [-0.3, -0.25) is 4.79 Å². The van der Waals surface area contributed by atoms with Gasteiger partial charge in [-0.15, -0.1) is 10.2 Å². The maximum Gasteiger partial charge on any atom is 0.259 e. The first kappa shape index (κ1) is 16.2. The van der Waals surface area contributed by atoms with Crippen LogP contribution in [0.5, 0.6) is 0 Å². The van der Waals surface area contributed by atoms with E-state index in [0.29, 0.717) is 43.3 Å². The molecular formula is C17H19N7O2. The van der Waals surface area contributed by atoms with Crippen molar-refractivity contribution in [2.45, 2.75) is 13.8 Å². The molecule has 1 fully saturated rings. The molecule has 3 aromatic rings. The Bertz CT molecular complexity index is 907. The van der Waals surface area contributed by atoms with Crippen molar-refractivity contribution in [3.05, 3.63) is 47.6 Å². The molecule has 9 heteroatoms. The van der Waals surface area contributed by atoms with Crippen LogP contribution in [0.3, 0.4) is 0 Å². The van der Waals surface area contributed by atoms with Crippen LogP contribution in [0.1, 0.15) is 21.8 Å². The molecule has 4 heterocycles. The van der Waals surface area contributed by atoms with Crippen LogP contribution >= 0.6 is 0 Å². The van der Waals surface area contributed by atoms with Gasteiger partial charge in [-0.2, -0.15) is 5.10 Å². The maximum absolute atomic E-state index is 12.5. The fraction of sp³-hybridized carbons (Fsp3) is 0.353. The van der Waals surface area contributed by atoms with Gasteiger partial charge >= 0.3 is 0 Å². The molecule has 0 bridgehead atoms. The van der Waals surface area contributed by atoms with Crippen LogP contribution in [0.15, 0.2) is 35.1 Å². The van der Waals surface area contributed by atoms with Gasteiger partial charge in [-0.05, 0) is 32.0 Å². The molecular weight excluding hydrogens is 334 g/mol. The Kier molecular flexibility index (Phi) is 4.11. The average molecular weight is 353 g/mol. The van der Waals surface area contributed by atoms with Gasteiger partial charge in [0.15, 0.2) is 11.6 Å². The molecule has 0 radical (unpaired) electrons.